The standard InChI is InChI=1S/C30H28N2O7/c1-20-16-17-31-29(32-20)39-27(28(34)35)30(22-10-6-4-7-11-22,23-12-8-5-9-13-23)38-19-24(33)21-14-15-25(36-2)26(18-21)37-3/h4-18,27H,19H2,1-3H3,(H,34,35)/t27-/m1/s1. The van der Waals surface area contributed by atoms with Crippen LogP contribution in [0, 0.1) is 6.92 Å². The van der Waals surface area contributed by atoms with E-state index in [1.165, 1.54) is 20.4 Å². The molecule has 9 heteroatoms. The molecule has 0 spiro atoms. The van der Waals surface area contributed by atoms with E-state index in [9.17, 15) is 14.7 Å². The number of rotatable bonds is 12. The van der Waals surface area contributed by atoms with Gasteiger partial charge in [-0.15, -0.1) is 0 Å². The third-order valence-corrected chi connectivity index (χ3v) is 6.13. The summed E-state index contributed by atoms with van der Waals surface area (Å²) in [6.45, 7) is 1.27. The number of carbonyl (C=O) groups excluding carboxylic acids is 1. The first-order chi connectivity index (χ1) is 18.9. The Balaban J connectivity index is 1.82. The number of benzene rings is 3. The minimum Gasteiger partial charge on any atom is -0.493 e. The summed E-state index contributed by atoms with van der Waals surface area (Å²) < 4.78 is 22.9. The van der Waals surface area contributed by atoms with Gasteiger partial charge in [-0.25, -0.2) is 14.8 Å². The molecule has 200 valence electrons. The quantitative estimate of drug-likeness (QED) is 0.266. The van der Waals surface area contributed by atoms with Gasteiger partial charge in [0.1, 0.15) is 6.61 Å². The van der Waals surface area contributed by atoms with E-state index in [0.29, 0.717) is 33.9 Å². The number of hydrogen-bond acceptors (Lipinski definition) is 8. The van der Waals surface area contributed by atoms with Gasteiger partial charge in [0.05, 0.1) is 14.2 Å². The number of aliphatic carboxylic acids is 1. The Labute approximate surface area is 226 Å². The van der Waals surface area contributed by atoms with Crippen LogP contribution in [-0.4, -0.2) is 53.8 Å². The fourth-order valence-corrected chi connectivity index (χ4v) is 4.25. The van der Waals surface area contributed by atoms with Crippen molar-refractivity contribution >= 4 is 11.8 Å². The molecule has 0 saturated carbocycles. The number of Topliss-reactive ketones (excluding diaryl/α,β-unsaturated/α-hetero) is 1. The monoisotopic (exact) mass is 528 g/mol. The molecule has 0 amide bonds. The molecule has 1 heterocycles. The second kappa shape index (κ2) is 12.2. The van der Waals surface area contributed by atoms with E-state index in [1.807, 2.05) is 0 Å². The number of ketones is 1. The van der Waals surface area contributed by atoms with Crippen LogP contribution < -0.4 is 14.2 Å². The van der Waals surface area contributed by atoms with Crippen molar-refractivity contribution in [3.63, 3.8) is 0 Å². The van der Waals surface area contributed by atoms with E-state index in [2.05, 4.69) is 9.97 Å². The van der Waals surface area contributed by atoms with Gasteiger partial charge in [-0.2, -0.15) is 0 Å². The van der Waals surface area contributed by atoms with Gasteiger partial charge in [0.25, 0.3) is 0 Å². The number of hydrogen-bond donors (Lipinski definition) is 1. The highest BCUT2D eigenvalue weighted by atomic mass is 16.6. The number of aryl methyl sites for hydroxylation is 1. The summed E-state index contributed by atoms with van der Waals surface area (Å²) in [6.07, 6.45) is -0.188. The minimum absolute atomic E-state index is 0.131. The SMILES string of the molecule is COc1ccc(C(=O)COC(c2ccccc2)(c2ccccc2)[C@H](Oc2nccc(C)n2)C(=O)O)cc1OC. The maximum atomic E-state index is 13.4. The molecule has 4 rings (SSSR count). The Kier molecular flexibility index (Phi) is 8.53. The van der Waals surface area contributed by atoms with Crippen LogP contribution in [0.2, 0.25) is 0 Å². The van der Waals surface area contributed by atoms with E-state index in [0.717, 1.165) is 0 Å². The maximum Gasteiger partial charge on any atom is 0.348 e. The number of carbonyl (C=O) groups is 2. The Morgan fingerprint density at radius 2 is 1.49 bits per heavy atom. The summed E-state index contributed by atoms with van der Waals surface area (Å²) >= 11 is 0. The Morgan fingerprint density at radius 3 is 2.03 bits per heavy atom. The van der Waals surface area contributed by atoms with Crippen LogP contribution in [0.15, 0.2) is 91.1 Å². The zero-order valence-corrected chi connectivity index (χ0v) is 21.7. The average molecular weight is 529 g/mol. The number of carboxylic acid groups (broad SMARTS) is 1. The van der Waals surface area contributed by atoms with Gasteiger partial charge in [-0.1, -0.05) is 60.7 Å². The molecule has 0 unspecified atom stereocenters. The van der Waals surface area contributed by atoms with E-state index >= 15 is 0 Å². The average Bonchev–Trinajstić information content (AvgIpc) is 2.97. The van der Waals surface area contributed by atoms with Gasteiger partial charge in [-0.3, -0.25) is 4.79 Å². The molecular formula is C30H28N2O7. The van der Waals surface area contributed by atoms with Crippen molar-refractivity contribution in [1.82, 2.24) is 9.97 Å². The van der Waals surface area contributed by atoms with Gasteiger partial charge in [0.2, 0.25) is 6.10 Å². The number of aromatic nitrogens is 2. The third-order valence-electron chi connectivity index (χ3n) is 6.13. The summed E-state index contributed by atoms with van der Waals surface area (Å²) in [7, 11) is 2.97. The van der Waals surface area contributed by atoms with Crippen LogP contribution in [0.1, 0.15) is 27.2 Å². The zero-order valence-electron chi connectivity index (χ0n) is 21.7. The highest BCUT2D eigenvalue weighted by Crippen LogP contribution is 2.39. The molecule has 0 saturated heterocycles. The lowest BCUT2D eigenvalue weighted by Crippen LogP contribution is -2.52. The molecule has 1 N–H and O–H groups in total. The van der Waals surface area contributed by atoms with Crippen LogP contribution >= 0.6 is 0 Å². The van der Waals surface area contributed by atoms with Crippen molar-refractivity contribution in [2.45, 2.75) is 18.6 Å². The van der Waals surface area contributed by atoms with Gasteiger partial charge < -0.3 is 24.1 Å². The van der Waals surface area contributed by atoms with Gasteiger partial charge in [0.15, 0.2) is 22.9 Å². The molecular weight excluding hydrogens is 500 g/mol. The summed E-state index contributed by atoms with van der Waals surface area (Å²) in [5.74, 6) is -0.881. The van der Waals surface area contributed by atoms with Gasteiger partial charge in [0, 0.05) is 17.5 Å². The first-order valence-electron chi connectivity index (χ1n) is 12.1. The number of carboxylic acids is 1. The van der Waals surface area contributed by atoms with Crippen molar-refractivity contribution in [3.05, 3.63) is 114 Å². The second-order valence-electron chi connectivity index (χ2n) is 8.57. The Bertz CT molecular complexity index is 1390. The lowest BCUT2D eigenvalue weighted by atomic mass is 9.81. The Morgan fingerprint density at radius 1 is 0.872 bits per heavy atom. The molecule has 0 fully saturated rings. The fraction of sp³-hybridized carbons (Fsp3) is 0.200. The van der Waals surface area contributed by atoms with E-state index in [1.54, 1.807) is 91.9 Å². The van der Waals surface area contributed by atoms with Crippen molar-refractivity contribution in [2.24, 2.45) is 0 Å². The zero-order chi connectivity index (χ0) is 27.8. The molecule has 1 aromatic heterocycles. The first kappa shape index (κ1) is 27.3. The normalized spacial score (nSPS) is 11.9. The highest BCUT2D eigenvalue weighted by Gasteiger charge is 2.50. The maximum absolute atomic E-state index is 13.4. The van der Waals surface area contributed by atoms with Crippen molar-refractivity contribution in [1.29, 1.82) is 0 Å². The first-order valence-corrected chi connectivity index (χ1v) is 12.1. The topological polar surface area (TPSA) is 117 Å². The molecule has 4 aromatic rings. The molecule has 1 atom stereocenters. The molecule has 0 bridgehead atoms. The highest BCUT2D eigenvalue weighted by molar-refractivity contribution is 5.97. The number of ether oxygens (including phenoxy) is 4. The van der Waals surface area contributed by atoms with Crippen LogP contribution in [0.3, 0.4) is 0 Å². The van der Waals surface area contributed by atoms with Crippen molar-refractivity contribution in [3.8, 4) is 17.5 Å². The van der Waals surface area contributed by atoms with E-state index in [-0.39, 0.29) is 6.01 Å². The molecule has 39 heavy (non-hydrogen) atoms. The van der Waals surface area contributed by atoms with E-state index < -0.39 is 30.1 Å². The second-order valence-corrected chi connectivity index (χ2v) is 8.57. The largest absolute Gasteiger partial charge is 0.493 e. The smallest absolute Gasteiger partial charge is 0.348 e. The third kappa shape index (κ3) is 5.89. The lowest BCUT2D eigenvalue weighted by Gasteiger charge is -2.38. The Hall–Kier alpha value is -4.76. The molecule has 0 radical (unpaired) electrons. The predicted molar refractivity (Wildman–Crippen MR) is 142 cm³/mol. The summed E-state index contributed by atoms with van der Waals surface area (Å²) in [5, 5.41) is 10.5. The van der Waals surface area contributed by atoms with Crippen LogP contribution in [-0.2, 0) is 15.1 Å². The van der Waals surface area contributed by atoms with Crippen LogP contribution in [0.5, 0.6) is 17.5 Å². The molecule has 3 aromatic carbocycles. The fourth-order valence-electron chi connectivity index (χ4n) is 4.25. The lowest BCUT2D eigenvalue weighted by molar-refractivity contribution is -0.162. The predicted octanol–water partition coefficient (Wildman–Crippen LogP) is 4.48. The minimum atomic E-state index is -1.76. The molecule has 9 nitrogen and oxygen atoms in total. The van der Waals surface area contributed by atoms with Crippen LogP contribution in [0.4, 0.5) is 0 Å². The molecule has 0 aliphatic rings. The van der Waals surface area contributed by atoms with Crippen molar-refractivity contribution < 1.29 is 33.6 Å². The molecule has 0 aliphatic carbocycles. The summed E-state index contributed by atoms with van der Waals surface area (Å²) in [4.78, 5) is 34.6. The van der Waals surface area contributed by atoms with Crippen LogP contribution in [0.25, 0.3) is 0 Å². The number of methoxy groups -OCH3 is 2. The van der Waals surface area contributed by atoms with Gasteiger partial charge >= 0.3 is 12.0 Å². The van der Waals surface area contributed by atoms with Crippen molar-refractivity contribution in [2.75, 3.05) is 20.8 Å². The van der Waals surface area contributed by atoms with E-state index in [4.69, 9.17) is 18.9 Å². The summed E-state index contributed by atoms with van der Waals surface area (Å²) in [5.41, 5.74) is 0.0807. The number of nitrogens with zero attached hydrogens (tertiary/aromatic N) is 2. The molecule has 0 aliphatic heterocycles. The summed E-state index contributed by atoms with van der Waals surface area (Å²) in [6, 6.07) is 23.8. The van der Waals surface area contributed by atoms with Gasteiger partial charge in [-0.05, 0) is 42.3 Å².